The van der Waals surface area contributed by atoms with Gasteiger partial charge in [-0.15, -0.1) is 0 Å². The van der Waals surface area contributed by atoms with Gasteiger partial charge in [0.2, 0.25) is 0 Å². The summed E-state index contributed by atoms with van der Waals surface area (Å²) in [7, 11) is 0. The molecule has 1 atom stereocenters. The summed E-state index contributed by atoms with van der Waals surface area (Å²) < 4.78 is 0. The minimum absolute atomic E-state index is 0.167. The highest BCUT2D eigenvalue weighted by Gasteiger charge is 2.02. The van der Waals surface area contributed by atoms with Crippen LogP contribution in [0.1, 0.15) is 34.6 Å². The fraction of sp³-hybridized carbons (Fsp3) is 1.00. The molecule has 76 valence electrons. The molecule has 2 N–H and O–H groups in total. The molecule has 0 saturated carbocycles. The molecule has 0 radical (unpaired) electrons. The van der Waals surface area contributed by atoms with Crippen LogP contribution in [0.5, 0.6) is 0 Å². The van der Waals surface area contributed by atoms with Crippen molar-refractivity contribution in [2.75, 3.05) is 13.1 Å². The number of nitrogens with zero attached hydrogens (tertiary/aromatic N) is 1. The van der Waals surface area contributed by atoms with E-state index < -0.39 is 0 Å². The summed E-state index contributed by atoms with van der Waals surface area (Å²) >= 11 is 0. The van der Waals surface area contributed by atoms with Crippen LogP contribution in [0.4, 0.5) is 0 Å². The molecule has 3 nitrogen and oxygen atoms in total. The molecule has 0 spiro atoms. The van der Waals surface area contributed by atoms with Gasteiger partial charge in [0.1, 0.15) is 6.23 Å². The minimum Gasteiger partial charge on any atom is -0.394 e. The second kappa shape index (κ2) is 8.97. The lowest BCUT2D eigenvalue weighted by Gasteiger charge is -2.20. The van der Waals surface area contributed by atoms with Gasteiger partial charge in [0, 0.05) is 6.10 Å². The lowest BCUT2D eigenvalue weighted by Crippen LogP contribution is -2.32. The SMILES string of the molecule is CC(C)O.CCN(CC)C(C)O. The molecular formula is C9H23NO2. The zero-order valence-electron chi connectivity index (χ0n) is 8.91. The van der Waals surface area contributed by atoms with E-state index in [1.807, 2.05) is 18.7 Å². The van der Waals surface area contributed by atoms with Gasteiger partial charge in [0.15, 0.2) is 0 Å². The first-order valence-electron chi connectivity index (χ1n) is 4.55. The van der Waals surface area contributed by atoms with Crippen LogP contribution in [0.25, 0.3) is 0 Å². The molecule has 0 heterocycles. The van der Waals surface area contributed by atoms with E-state index in [0.29, 0.717) is 0 Å². The Kier molecular flexibility index (Phi) is 10.8. The average molecular weight is 177 g/mol. The molecule has 0 saturated heterocycles. The van der Waals surface area contributed by atoms with Gasteiger partial charge in [-0.2, -0.15) is 0 Å². The average Bonchev–Trinajstić information content (AvgIpc) is 1.87. The molecule has 0 amide bonds. The molecule has 0 rings (SSSR count). The zero-order chi connectivity index (χ0) is 10.1. The van der Waals surface area contributed by atoms with E-state index >= 15 is 0 Å². The van der Waals surface area contributed by atoms with Gasteiger partial charge in [0.05, 0.1) is 0 Å². The van der Waals surface area contributed by atoms with Crippen LogP contribution in [0.15, 0.2) is 0 Å². The smallest absolute Gasteiger partial charge is 0.104 e. The summed E-state index contributed by atoms with van der Waals surface area (Å²) in [5.74, 6) is 0. The zero-order valence-corrected chi connectivity index (χ0v) is 8.91. The maximum atomic E-state index is 8.94. The highest BCUT2D eigenvalue weighted by molar-refractivity contribution is 4.49. The summed E-state index contributed by atoms with van der Waals surface area (Å²) in [5, 5.41) is 17.0. The Morgan fingerprint density at radius 1 is 1.00 bits per heavy atom. The maximum Gasteiger partial charge on any atom is 0.104 e. The van der Waals surface area contributed by atoms with Gasteiger partial charge >= 0.3 is 0 Å². The highest BCUT2D eigenvalue weighted by Crippen LogP contribution is 1.91. The maximum absolute atomic E-state index is 8.94. The van der Waals surface area contributed by atoms with E-state index in [2.05, 4.69) is 0 Å². The van der Waals surface area contributed by atoms with E-state index in [0.717, 1.165) is 13.1 Å². The molecule has 0 bridgehead atoms. The number of aliphatic hydroxyl groups excluding tert-OH is 2. The number of aliphatic hydroxyl groups is 2. The van der Waals surface area contributed by atoms with E-state index in [1.165, 1.54) is 0 Å². The molecule has 0 aromatic carbocycles. The molecule has 0 aromatic heterocycles. The van der Waals surface area contributed by atoms with Crippen molar-refractivity contribution < 1.29 is 10.2 Å². The summed E-state index contributed by atoms with van der Waals surface area (Å²) in [6.07, 6.45) is -0.454. The van der Waals surface area contributed by atoms with Crippen molar-refractivity contribution in [2.24, 2.45) is 0 Å². The fourth-order valence-corrected chi connectivity index (χ4v) is 0.752. The van der Waals surface area contributed by atoms with Gasteiger partial charge in [0.25, 0.3) is 0 Å². The second-order valence-electron chi connectivity index (χ2n) is 2.95. The van der Waals surface area contributed by atoms with Crippen LogP contribution >= 0.6 is 0 Å². The molecule has 0 aliphatic heterocycles. The Morgan fingerprint density at radius 2 is 1.25 bits per heavy atom. The van der Waals surface area contributed by atoms with Crippen molar-refractivity contribution >= 4 is 0 Å². The van der Waals surface area contributed by atoms with E-state index in [-0.39, 0.29) is 12.3 Å². The Balaban J connectivity index is 0. The molecule has 1 unspecified atom stereocenters. The Bertz CT molecular complexity index is 77.8. The summed E-state index contributed by atoms with van der Waals surface area (Å²) in [5.41, 5.74) is 0. The standard InChI is InChI=1S/C6H15NO.C3H8O/c1-4-7(5-2)6(3)8;1-3(2)4/h6,8H,4-5H2,1-3H3;3-4H,1-2H3. The monoisotopic (exact) mass is 177 g/mol. The predicted molar refractivity (Wildman–Crippen MR) is 52.0 cm³/mol. The largest absolute Gasteiger partial charge is 0.394 e. The van der Waals surface area contributed by atoms with Gasteiger partial charge in [-0.25, -0.2) is 0 Å². The molecule has 0 fully saturated rings. The van der Waals surface area contributed by atoms with Crippen molar-refractivity contribution in [3.63, 3.8) is 0 Å². The first kappa shape index (κ1) is 14.4. The van der Waals surface area contributed by atoms with E-state index in [9.17, 15) is 0 Å². The molecule has 0 aliphatic carbocycles. The Morgan fingerprint density at radius 3 is 1.25 bits per heavy atom. The van der Waals surface area contributed by atoms with Gasteiger partial charge in [-0.05, 0) is 33.9 Å². The highest BCUT2D eigenvalue weighted by atomic mass is 16.3. The summed E-state index contributed by atoms with van der Waals surface area (Å²) in [6.45, 7) is 11.2. The molecule has 0 aromatic rings. The predicted octanol–water partition coefficient (Wildman–Crippen LogP) is 1.05. The van der Waals surface area contributed by atoms with Crippen molar-refractivity contribution in [1.82, 2.24) is 4.90 Å². The quantitative estimate of drug-likeness (QED) is 0.633. The molecule has 0 aliphatic rings. The molecular weight excluding hydrogens is 154 g/mol. The van der Waals surface area contributed by atoms with Gasteiger partial charge in [-0.3, -0.25) is 4.90 Å². The normalized spacial score (nSPS) is 12.8. The fourth-order valence-electron chi connectivity index (χ4n) is 0.752. The first-order chi connectivity index (χ1) is 5.45. The Hall–Kier alpha value is -0.120. The lowest BCUT2D eigenvalue weighted by molar-refractivity contribution is 0.0265. The summed E-state index contributed by atoms with van der Waals surface area (Å²) in [4.78, 5) is 1.97. The van der Waals surface area contributed by atoms with Crippen LogP contribution in [0, 0.1) is 0 Å². The van der Waals surface area contributed by atoms with Gasteiger partial charge in [-0.1, -0.05) is 13.8 Å². The van der Waals surface area contributed by atoms with E-state index in [1.54, 1.807) is 20.8 Å². The van der Waals surface area contributed by atoms with Crippen molar-refractivity contribution in [1.29, 1.82) is 0 Å². The van der Waals surface area contributed by atoms with E-state index in [4.69, 9.17) is 10.2 Å². The number of hydrogen-bond donors (Lipinski definition) is 2. The minimum atomic E-state index is -0.287. The number of hydrogen-bond acceptors (Lipinski definition) is 3. The van der Waals surface area contributed by atoms with Crippen molar-refractivity contribution in [3.05, 3.63) is 0 Å². The van der Waals surface area contributed by atoms with Crippen molar-refractivity contribution in [2.45, 2.75) is 47.0 Å². The van der Waals surface area contributed by atoms with Crippen LogP contribution in [0.3, 0.4) is 0 Å². The molecule has 3 heteroatoms. The van der Waals surface area contributed by atoms with Crippen LogP contribution in [-0.2, 0) is 0 Å². The van der Waals surface area contributed by atoms with Crippen LogP contribution in [0.2, 0.25) is 0 Å². The second-order valence-corrected chi connectivity index (χ2v) is 2.95. The summed E-state index contributed by atoms with van der Waals surface area (Å²) in [6, 6.07) is 0. The number of rotatable bonds is 3. The Labute approximate surface area is 76.0 Å². The van der Waals surface area contributed by atoms with Crippen LogP contribution < -0.4 is 0 Å². The van der Waals surface area contributed by atoms with Gasteiger partial charge < -0.3 is 10.2 Å². The van der Waals surface area contributed by atoms with Crippen LogP contribution in [-0.4, -0.2) is 40.5 Å². The lowest BCUT2D eigenvalue weighted by atomic mass is 10.5. The van der Waals surface area contributed by atoms with Crippen molar-refractivity contribution in [3.8, 4) is 0 Å². The first-order valence-corrected chi connectivity index (χ1v) is 4.55. The topological polar surface area (TPSA) is 43.7 Å². The third-order valence-electron chi connectivity index (χ3n) is 1.34. The molecule has 12 heavy (non-hydrogen) atoms. The third kappa shape index (κ3) is 12.5. The third-order valence-corrected chi connectivity index (χ3v) is 1.34.